The van der Waals surface area contributed by atoms with Gasteiger partial charge in [-0.15, -0.1) is 0 Å². The van der Waals surface area contributed by atoms with Crippen LogP contribution in [0.5, 0.6) is 0 Å². The molecule has 0 bridgehead atoms. The Morgan fingerprint density at radius 2 is 1.83 bits per heavy atom. The van der Waals surface area contributed by atoms with Crippen molar-refractivity contribution in [1.82, 2.24) is 5.32 Å². The van der Waals surface area contributed by atoms with E-state index in [9.17, 15) is 0 Å². The van der Waals surface area contributed by atoms with Crippen LogP contribution in [0.2, 0.25) is 0 Å². The quantitative estimate of drug-likeness (QED) is 0.726. The Morgan fingerprint density at radius 3 is 2.39 bits per heavy atom. The summed E-state index contributed by atoms with van der Waals surface area (Å²) in [6.07, 6.45) is 3.76. The third-order valence-corrected chi connectivity index (χ3v) is 4.42. The maximum absolute atomic E-state index is 3.69. The first-order valence-corrected chi connectivity index (χ1v) is 7.91. The Hall–Kier alpha value is -0.340. The van der Waals surface area contributed by atoms with E-state index in [0.29, 0.717) is 6.04 Å². The molecule has 1 aromatic rings. The standard InChI is InChI=1S/C16H26BrN/c1-5-13(6-2)11-16(18-7-3)14-10-12(4)8-9-15(14)17/h8-10,13,16,18H,5-7,11H2,1-4H3. The van der Waals surface area contributed by atoms with Gasteiger partial charge in [0, 0.05) is 10.5 Å². The number of aryl methyl sites for hydroxylation is 1. The first-order valence-electron chi connectivity index (χ1n) is 7.11. The molecule has 0 aromatic heterocycles. The van der Waals surface area contributed by atoms with Crippen LogP contribution in [-0.4, -0.2) is 6.54 Å². The molecule has 0 heterocycles. The number of benzene rings is 1. The fraction of sp³-hybridized carbons (Fsp3) is 0.625. The van der Waals surface area contributed by atoms with Crippen LogP contribution in [0.25, 0.3) is 0 Å². The largest absolute Gasteiger partial charge is 0.310 e. The van der Waals surface area contributed by atoms with Gasteiger partial charge >= 0.3 is 0 Å². The van der Waals surface area contributed by atoms with Crippen molar-refractivity contribution in [3.05, 3.63) is 33.8 Å². The molecule has 1 N–H and O–H groups in total. The van der Waals surface area contributed by atoms with Gasteiger partial charge in [0.05, 0.1) is 0 Å². The summed E-state index contributed by atoms with van der Waals surface area (Å²) in [5.41, 5.74) is 2.74. The Morgan fingerprint density at radius 1 is 1.17 bits per heavy atom. The minimum Gasteiger partial charge on any atom is -0.310 e. The molecule has 1 aromatic carbocycles. The molecule has 0 radical (unpaired) electrons. The summed E-state index contributed by atoms with van der Waals surface area (Å²) in [5, 5.41) is 3.64. The van der Waals surface area contributed by atoms with Gasteiger partial charge in [-0.25, -0.2) is 0 Å². The molecule has 0 saturated heterocycles. The highest BCUT2D eigenvalue weighted by molar-refractivity contribution is 9.10. The molecule has 102 valence electrons. The lowest BCUT2D eigenvalue weighted by molar-refractivity contribution is 0.375. The molecular weight excluding hydrogens is 286 g/mol. The fourth-order valence-electron chi connectivity index (χ4n) is 2.45. The highest BCUT2D eigenvalue weighted by Gasteiger charge is 2.17. The zero-order valence-corrected chi connectivity index (χ0v) is 13.7. The van der Waals surface area contributed by atoms with Gasteiger partial charge in [0.15, 0.2) is 0 Å². The Balaban J connectivity index is 2.92. The summed E-state index contributed by atoms with van der Waals surface area (Å²) in [4.78, 5) is 0. The number of rotatable bonds is 7. The molecule has 0 aliphatic rings. The minimum absolute atomic E-state index is 0.467. The van der Waals surface area contributed by atoms with Gasteiger partial charge in [-0.3, -0.25) is 0 Å². The first-order chi connectivity index (χ1) is 8.62. The predicted octanol–water partition coefficient (Wildman–Crippen LogP) is 5.23. The summed E-state index contributed by atoms with van der Waals surface area (Å²) < 4.78 is 1.23. The van der Waals surface area contributed by atoms with Crippen molar-refractivity contribution in [3.63, 3.8) is 0 Å². The minimum atomic E-state index is 0.467. The van der Waals surface area contributed by atoms with E-state index in [-0.39, 0.29) is 0 Å². The molecular formula is C16H26BrN. The van der Waals surface area contributed by atoms with E-state index in [4.69, 9.17) is 0 Å². The molecule has 0 amide bonds. The van der Waals surface area contributed by atoms with Crippen LogP contribution in [0.3, 0.4) is 0 Å². The third kappa shape index (κ3) is 4.40. The van der Waals surface area contributed by atoms with Crippen LogP contribution in [0.1, 0.15) is 57.2 Å². The molecule has 0 saturated carbocycles. The van der Waals surface area contributed by atoms with Crippen LogP contribution in [0.4, 0.5) is 0 Å². The summed E-state index contributed by atoms with van der Waals surface area (Å²) in [7, 11) is 0. The van der Waals surface area contributed by atoms with Crippen LogP contribution >= 0.6 is 15.9 Å². The molecule has 0 aliphatic heterocycles. The molecule has 1 unspecified atom stereocenters. The first kappa shape index (κ1) is 15.7. The second-order valence-corrected chi connectivity index (χ2v) is 5.91. The second-order valence-electron chi connectivity index (χ2n) is 5.05. The van der Waals surface area contributed by atoms with Gasteiger partial charge in [0.25, 0.3) is 0 Å². The van der Waals surface area contributed by atoms with E-state index in [1.807, 2.05) is 0 Å². The molecule has 1 atom stereocenters. The lowest BCUT2D eigenvalue weighted by Crippen LogP contribution is -2.23. The molecule has 0 spiro atoms. The summed E-state index contributed by atoms with van der Waals surface area (Å²) in [6.45, 7) is 9.95. The average molecular weight is 312 g/mol. The lowest BCUT2D eigenvalue weighted by atomic mass is 9.90. The van der Waals surface area contributed by atoms with Gasteiger partial charge in [-0.05, 0) is 37.4 Å². The van der Waals surface area contributed by atoms with Gasteiger partial charge in [-0.2, -0.15) is 0 Å². The van der Waals surface area contributed by atoms with Gasteiger partial charge in [0.1, 0.15) is 0 Å². The van der Waals surface area contributed by atoms with E-state index in [0.717, 1.165) is 12.5 Å². The lowest BCUT2D eigenvalue weighted by Gasteiger charge is -2.24. The van der Waals surface area contributed by atoms with Crippen molar-refractivity contribution < 1.29 is 0 Å². The van der Waals surface area contributed by atoms with E-state index in [2.05, 4.69) is 67.1 Å². The molecule has 2 heteroatoms. The van der Waals surface area contributed by atoms with E-state index >= 15 is 0 Å². The highest BCUT2D eigenvalue weighted by atomic mass is 79.9. The maximum Gasteiger partial charge on any atom is 0.0334 e. The topological polar surface area (TPSA) is 12.0 Å². The van der Waals surface area contributed by atoms with Crippen molar-refractivity contribution in [2.24, 2.45) is 5.92 Å². The fourth-order valence-corrected chi connectivity index (χ4v) is 2.98. The number of halogens is 1. The van der Waals surface area contributed by atoms with Crippen LogP contribution in [0, 0.1) is 12.8 Å². The van der Waals surface area contributed by atoms with Crippen molar-refractivity contribution in [3.8, 4) is 0 Å². The summed E-state index contributed by atoms with van der Waals surface area (Å²) in [6, 6.07) is 7.10. The van der Waals surface area contributed by atoms with Crippen molar-refractivity contribution in [1.29, 1.82) is 0 Å². The normalized spacial score (nSPS) is 13.0. The third-order valence-electron chi connectivity index (χ3n) is 3.70. The monoisotopic (exact) mass is 311 g/mol. The molecule has 1 nitrogen and oxygen atoms in total. The summed E-state index contributed by atoms with van der Waals surface area (Å²) in [5.74, 6) is 0.807. The smallest absolute Gasteiger partial charge is 0.0334 e. The zero-order valence-electron chi connectivity index (χ0n) is 12.1. The van der Waals surface area contributed by atoms with Crippen LogP contribution in [-0.2, 0) is 0 Å². The van der Waals surface area contributed by atoms with E-state index in [1.54, 1.807) is 0 Å². The molecule has 18 heavy (non-hydrogen) atoms. The highest BCUT2D eigenvalue weighted by Crippen LogP contribution is 2.30. The maximum atomic E-state index is 3.69. The van der Waals surface area contributed by atoms with Crippen molar-refractivity contribution >= 4 is 15.9 Å². The Labute approximate surface area is 120 Å². The van der Waals surface area contributed by atoms with Crippen LogP contribution in [0.15, 0.2) is 22.7 Å². The Bertz CT molecular complexity index is 358. The average Bonchev–Trinajstić information content (AvgIpc) is 2.37. The number of nitrogens with one attached hydrogen (secondary N) is 1. The van der Waals surface area contributed by atoms with Crippen molar-refractivity contribution in [2.45, 2.75) is 53.0 Å². The molecule has 0 aliphatic carbocycles. The van der Waals surface area contributed by atoms with E-state index < -0.39 is 0 Å². The number of hydrogen-bond acceptors (Lipinski definition) is 1. The van der Waals surface area contributed by atoms with Crippen LogP contribution < -0.4 is 5.32 Å². The SMILES string of the molecule is CCNC(CC(CC)CC)c1cc(C)ccc1Br. The van der Waals surface area contributed by atoms with E-state index in [1.165, 1.54) is 34.9 Å². The Kier molecular flexibility index (Phi) is 6.95. The summed E-state index contributed by atoms with van der Waals surface area (Å²) >= 11 is 3.69. The van der Waals surface area contributed by atoms with Gasteiger partial charge < -0.3 is 5.32 Å². The van der Waals surface area contributed by atoms with Crippen molar-refractivity contribution in [2.75, 3.05) is 6.54 Å². The van der Waals surface area contributed by atoms with Gasteiger partial charge in [-0.1, -0.05) is 67.2 Å². The number of hydrogen-bond donors (Lipinski definition) is 1. The zero-order chi connectivity index (χ0) is 13.5. The predicted molar refractivity (Wildman–Crippen MR) is 84.0 cm³/mol. The second kappa shape index (κ2) is 7.96. The molecule has 1 rings (SSSR count). The van der Waals surface area contributed by atoms with Gasteiger partial charge in [0.2, 0.25) is 0 Å². The molecule has 0 fully saturated rings.